The van der Waals surface area contributed by atoms with E-state index in [2.05, 4.69) is 9.97 Å². The molecule has 0 aliphatic heterocycles. The molecule has 0 N–H and O–H groups in total. The Balaban J connectivity index is 2.49. The fourth-order valence-electron chi connectivity index (χ4n) is 1.24. The Bertz CT molecular complexity index is 452. The summed E-state index contributed by atoms with van der Waals surface area (Å²) in [5.74, 6) is 1.69. The lowest BCUT2D eigenvalue weighted by Crippen LogP contribution is -1.98. The summed E-state index contributed by atoms with van der Waals surface area (Å²) < 4.78 is 5.26. The van der Waals surface area contributed by atoms with E-state index in [1.807, 2.05) is 26.0 Å². The average molecular weight is 223 g/mol. The van der Waals surface area contributed by atoms with Gasteiger partial charge in [-0.1, -0.05) is 25.4 Å². The maximum Gasteiger partial charge on any atom is 0.152 e. The van der Waals surface area contributed by atoms with Crippen LogP contribution in [0.3, 0.4) is 0 Å². The molecule has 0 aromatic carbocycles. The molecule has 2 rings (SSSR count). The topological polar surface area (TPSA) is 38.9 Å². The summed E-state index contributed by atoms with van der Waals surface area (Å²) in [6.07, 6.45) is 1.61. The third-order valence-corrected chi connectivity index (χ3v) is 2.20. The summed E-state index contributed by atoms with van der Waals surface area (Å²) in [5.41, 5.74) is 0.726. The van der Waals surface area contributed by atoms with E-state index in [4.69, 9.17) is 16.0 Å². The van der Waals surface area contributed by atoms with Crippen molar-refractivity contribution in [3.63, 3.8) is 0 Å². The Morgan fingerprint density at radius 2 is 2.13 bits per heavy atom. The molecular formula is C11H11ClN2O. The lowest BCUT2D eigenvalue weighted by molar-refractivity contribution is 0.578. The number of aromatic nitrogens is 2. The van der Waals surface area contributed by atoms with Gasteiger partial charge in [0.25, 0.3) is 0 Å². The highest BCUT2D eigenvalue weighted by Crippen LogP contribution is 2.22. The molecule has 0 saturated heterocycles. The maximum absolute atomic E-state index is 5.92. The third-order valence-electron chi connectivity index (χ3n) is 2.00. The molecule has 78 valence electrons. The fourth-order valence-corrected chi connectivity index (χ4v) is 1.43. The van der Waals surface area contributed by atoms with Gasteiger partial charge in [-0.2, -0.15) is 0 Å². The van der Waals surface area contributed by atoms with Crippen LogP contribution in [0.25, 0.3) is 11.5 Å². The normalized spacial score (nSPS) is 10.9. The molecule has 0 spiro atoms. The first-order valence-corrected chi connectivity index (χ1v) is 5.13. The molecule has 0 saturated carbocycles. The maximum atomic E-state index is 5.92. The number of rotatable bonds is 2. The van der Waals surface area contributed by atoms with Crippen molar-refractivity contribution in [3.8, 4) is 11.5 Å². The van der Waals surface area contributed by atoms with E-state index < -0.39 is 0 Å². The van der Waals surface area contributed by atoms with Gasteiger partial charge in [-0.15, -0.1) is 0 Å². The predicted molar refractivity (Wildman–Crippen MR) is 58.8 cm³/mol. The van der Waals surface area contributed by atoms with E-state index in [0.717, 1.165) is 11.5 Å². The van der Waals surface area contributed by atoms with Crippen LogP contribution in [0, 0.1) is 0 Å². The van der Waals surface area contributed by atoms with Gasteiger partial charge in [-0.3, -0.25) is 0 Å². The molecule has 2 aromatic rings. The molecule has 0 amide bonds. The smallest absolute Gasteiger partial charge is 0.152 e. The summed E-state index contributed by atoms with van der Waals surface area (Å²) in [6.45, 7) is 4.05. The van der Waals surface area contributed by atoms with Crippen LogP contribution in [0.2, 0.25) is 5.15 Å². The molecule has 2 heterocycles. The first-order chi connectivity index (χ1) is 7.16. The fraction of sp³-hybridized carbons (Fsp3) is 0.273. The first kappa shape index (κ1) is 10.2. The zero-order chi connectivity index (χ0) is 10.8. The van der Waals surface area contributed by atoms with E-state index >= 15 is 0 Å². The van der Waals surface area contributed by atoms with Gasteiger partial charge in [0.2, 0.25) is 0 Å². The van der Waals surface area contributed by atoms with Crippen LogP contribution in [0.5, 0.6) is 0 Å². The largest absolute Gasteiger partial charge is 0.463 e. The quantitative estimate of drug-likeness (QED) is 0.730. The molecule has 2 aromatic heterocycles. The molecule has 0 aliphatic carbocycles. The molecule has 4 heteroatoms. The number of nitrogens with zero attached hydrogens (tertiary/aromatic N) is 2. The summed E-state index contributed by atoms with van der Waals surface area (Å²) in [4.78, 5) is 8.54. The Hall–Kier alpha value is -1.35. The van der Waals surface area contributed by atoms with Gasteiger partial charge in [0, 0.05) is 12.0 Å². The third kappa shape index (κ3) is 2.18. The summed E-state index contributed by atoms with van der Waals surface area (Å²) in [6, 6.07) is 5.37. The number of furan rings is 1. The molecule has 3 nitrogen and oxygen atoms in total. The van der Waals surface area contributed by atoms with Crippen LogP contribution >= 0.6 is 11.6 Å². The predicted octanol–water partition coefficient (Wildman–Crippen LogP) is 3.51. The molecule has 0 radical (unpaired) electrons. The van der Waals surface area contributed by atoms with Crippen LogP contribution in [-0.4, -0.2) is 9.97 Å². The standard InChI is InChI=1S/C11H11ClN2O/c1-7(2)11-13-8(6-10(12)14-11)9-4-3-5-15-9/h3-7H,1-2H3. The second-order valence-corrected chi connectivity index (χ2v) is 3.95. The van der Waals surface area contributed by atoms with Gasteiger partial charge in [-0.25, -0.2) is 9.97 Å². The average Bonchev–Trinajstić information content (AvgIpc) is 2.69. The minimum Gasteiger partial charge on any atom is -0.463 e. The Morgan fingerprint density at radius 3 is 2.73 bits per heavy atom. The Kier molecular flexibility index (Phi) is 2.73. The lowest BCUT2D eigenvalue weighted by Gasteiger charge is -2.05. The van der Waals surface area contributed by atoms with E-state index in [1.165, 1.54) is 0 Å². The minimum atomic E-state index is 0.248. The Labute approximate surface area is 93.1 Å². The molecular weight excluding hydrogens is 212 g/mol. The van der Waals surface area contributed by atoms with Crippen molar-refractivity contribution in [2.75, 3.05) is 0 Å². The highest BCUT2D eigenvalue weighted by Gasteiger charge is 2.09. The molecule has 15 heavy (non-hydrogen) atoms. The van der Waals surface area contributed by atoms with Crippen LogP contribution < -0.4 is 0 Å². The van der Waals surface area contributed by atoms with Crippen molar-refractivity contribution < 1.29 is 4.42 Å². The number of hydrogen-bond acceptors (Lipinski definition) is 3. The van der Waals surface area contributed by atoms with Crippen molar-refractivity contribution in [2.24, 2.45) is 0 Å². The Morgan fingerprint density at radius 1 is 1.33 bits per heavy atom. The zero-order valence-electron chi connectivity index (χ0n) is 8.57. The number of hydrogen-bond donors (Lipinski definition) is 0. The van der Waals surface area contributed by atoms with E-state index in [0.29, 0.717) is 10.9 Å². The molecule has 0 fully saturated rings. The van der Waals surface area contributed by atoms with E-state index in [1.54, 1.807) is 12.3 Å². The van der Waals surface area contributed by atoms with Gasteiger partial charge in [0.15, 0.2) is 5.76 Å². The van der Waals surface area contributed by atoms with Crippen molar-refractivity contribution in [3.05, 3.63) is 35.4 Å². The molecule has 0 bridgehead atoms. The SMILES string of the molecule is CC(C)c1nc(Cl)cc(-c2ccco2)n1. The zero-order valence-corrected chi connectivity index (χ0v) is 9.32. The second-order valence-electron chi connectivity index (χ2n) is 3.57. The van der Waals surface area contributed by atoms with Crippen molar-refractivity contribution >= 4 is 11.6 Å². The molecule has 0 unspecified atom stereocenters. The van der Waals surface area contributed by atoms with Crippen molar-refractivity contribution in [2.45, 2.75) is 19.8 Å². The highest BCUT2D eigenvalue weighted by molar-refractivity contribution is 6.29. The van der Waals surface area contributed by atoms with Crippen molar-refractivity contribution in [1.29, 1.82) is 0 Å². The van der Waals surface area contributed by atoms with Crippen LogP contribution in [0.4, 0.5) is 0 Å². The van der Waals surface area contributed by atoms with Crippen LogP contribution in [0.1, 0.15) is 25.6 Å². The van der Waals surface area contributed by atoms with Crippen LogP contribution in [0.15, 0.2) is 28.9 Å². The number of halogens is 1. The monoisotopic (exact) mass is 222 g/mol. The van der Waals surface area contributed by atoms with Crippen molar-refractivity contribution in [1.82, 2.24) is 9.97 Å². The van der Waals surface area contributed by atoms with Gasteiger partial charge < -0.3 is 4.42 Å². The van der Waals surface area contributed by atoms with E-state index in [9.17, 15) is 0 Å². The molecule has 0 atom stereocenters. The lowest BCUT2D eigenvalue weighted by atomic mass is 10.2. The summed E-state index contributed by atoms with van der Waals surface area (Å²) >= 11 is 5.92. The van der Waals surface area contributed by atoms with Gasteiger partial charge in [0.1, 0.15) is 16.7 Å². The van der Waals surface area contributed by atoms with Crippen LogP contribution in [-0.2, 0) is 0 Å². The second kappa shape index (κ2) is 4.03. The highest BCUT2D eigenvalue weighted by atomic mass is 35.5. The molecule has 0 aliphatic rings. The van der Waals surface area contributed by atoms with E-state index in [-0.39, 0.29) is 5.92 Å². The van der Waals surface area contributed by atoms with Gasteiger partial charge in [-0.05, 0) is 12.1 Å². The summed E-state index contributed by atoms with van der Waals surface area (Å²) in [5, 5.41) is 0.445. The first-order valence-electron chi connectivity index (χ1n) is 4.75. The summed E-state index contributed by atoms with van der Waals surface area (Å²) in [7, 11) is 0. The van der Waals surface area contributed by atoms with Gasteiger partial charge in [0.05, 0.1) is 6.26 Å². The van der Waals surface area contributed by atoms with Gasteiger partial charge >= 0.3 is 0 Å². The minimum absolute atomic E-state index is 0.248.